The summed E-state index contributed by atoms with van der Waals surface area (Å²) >= 11 is 0. The maximum absolute atomic E-state index is 13.6. The van der Waals surface area contributed by atoms with Crippen LogP contribution in [0, 0.1) is 11.6 Å². The highest BCUT2D eigenvalue weighted by Gasteiger charge is 2.12. The second kappa shape index (κ2) is 4.63. The molecule has 2 aromatic rings. The minimum absolute atomic E-state index is 0.0177. The first kappa shape index (κ1) is 11.7. The quantitative estimate of drug-likeness (QED) is 0.886. The molecular formula is C12H12F2N2O. The number of aromatic nitrogens is 2. The first-order valence-electron chi connectivity index (χ1n) is 5.20. The summed E-state index contributed by atoms with van der Waals surface area (Å²) in [5.41, 5.74) is 0.858. The van der Waals surface area contributed by atoms with Crippen molar-refractivity contribution in [3.8, 4) is 11.3 Å². The minimum atomic E-state index is -0.622. The van der Waals surface area contributed by atoms with Crippen molar-refractivity contribution in [1.29, 1.82) is 0 Å². The Morgan fingerprint density at radius 3 is 2.76 bits per heavy atom. The van der Waals surface area contributed by atoms with Crippen LogP contribution in [0.15, 0.2) is 24.4 Å². The van der Waals surface area contributed by atoms with Gasteiger partial charge in [-0.05, 0) is 12.1 Å². The van der Waals surface area contributed by atoms with Crippen LogP contribution in [-0.4, -0.2) is 21.3 Å². The van der Waals surface area contributed by atoms with E-state index in [2.05, 4.69) is 4.98 Å². The molecule has 90 valence electrons. The van der Waals surface area contributed by atoms with Gasteiger partial charge in [-0.3, -0.25) is 0 Å². The van der Waals surface area contributed by atoms with Crippen molar-refractivity contribution >= 4 is 0 Å². The predicted molar refractivity (Wildman–Crippen MR) is 59.3 cm³/mol. The smallest absolute Gasteiger partial charge is 0.135 e. The van der Waals surface area contributed by atoms with Gasteiger partial charge in [-0.15, -0.1) is 0 Å². The number of nitrogens with zero attached hydrogens (tertiary/aromatic N) is 2. The molecule has 0 unspecified atom stereocenters. The van der Waals surface area contributed by atoms with Gasteiger partial charge in [0.2, 0.25) is 0 Å². The van der Waals surface area contributed by atoms with Gasteiger partial charge in [-0.1, -0.05) is 0 Å². The number of imidazole rings is 1. The molecule has 0 saturated carbocycles. The summed E-state index contributed by atoms with van der Waals surface area (Å²) in [4.78, 5) is 4.09. The number of halogens is 2. The van der Waals surface area contributed by atoms with E-state index in [1.165, 1.54) is 18.3 Å². The minimum Gasteiger partial charge on any atom is -0.396 e. The predicted octanol–water partition coefficient (Wildman–Crippen LogP) is 1.90. The summed E-state index contributed by atoms with van der Waals surface area (Å²) < 4.78 is 28.1. The average Bonchev–Trinajstić information content (AvgIpc) is 2.62. The molecule has 1 heterocycles. The van der Waals surface area contributed by atoms with E-state index in [0.29, 0.717) is 23.5 Å². The highest BCUT2D eigenvalue weighted by atomic mass is 19.1. The molecule has 0 atom stereocenters. The molecule has 0 aliphatic heterocycles. The number of hydrogen-bond donors (Lipinski definition) is 1. The SMILES string of the molecule is Cn1c(-c2ccc(F)cc2F)cnc1CCO. The van der Waals surface area contributed by atoms with Crippen molar-refractivity contribution in [3.63, 3.8) is 0 Å². The van der Waals surface area contributed by atoms with Crippen LogP contribution in [0.5, 0.6) is 0 Å². The fraction of sp³-hybridized carbons (Fsp3) is 0.250. The van der Waals surface area contributed by atoms with Crippen molar-refractivity contribution in [2.24, 2.45) is 7.05 Å². The average molecular weight is 238 g/mol. The van der Waals surface area contributed by atoms with Gasteiger partial charge < -0.3 is 9.67 Å². The van der Waals surface area contributed by atoms with Crippen LogP contribution in [0.2, 0.25) is 0 Å². The Morgan fingerprint density at radius 1 is 1.35 bits per heavy atom. The zero-order valence-corrected chi connectivity index (χ0v) is 9.32. The summed E-state index contributed by atoms with van der Waals surface area (Å²) in [5, 5.41) is 8.84. The Morgan fingerprint density at radius 2 is 2.12 bits per heavy atom. The number of aliphatic hydroxyl groups is 1. The molecule has 17 heavy (non-hydrogen) atoms. The molecule has 0 aliphatic rings. The van der Waals surface area contributed by atoms with E-state index in [9.17, 15) is 8.78 Å². The molecule has 0 bridgehead atoms. The molecule has 0 radical (unpaired) electrons. The third kappa shape index (κ3) is 2.19. The second-order valence-electron chi connectivity index (χ2n) is 3.72. The van der Waals surface area contributed by atoms with E-state index >= 15 is 0 Å². The topological polar surface area (TPSA) is 38.0 Å². The molecule has 0 spiro atoms. The van der Waals surface area contributed by atoms with E-state index in [1.807, 2.05) is 0 Å². The van der Waals surface area contributed by atoms with Gasteiger partial charge in [-0.25, -0.2) is 13.8 Å². The fourth-order valence-corrected chi connectivity index (χ4v) is 1.73. The maximum atomic E-state index is 13.6. The molecule has 0 amide bonds. The summed E-state index contributed by atoms with van der Waals surface area (Å²) in [6, 6.07) is 3.43. The normalized spacial score (nSPS) is 10.8. The molecule has 3 nitrogen and oxygen atoms in total. The standard InChI is InChI=1S/C12H12F2N2O/c1-16-11(7-15-12(16)4-5-17)9-3-2-8(13)6-10(9)14/h2-3,6-7,17H,4-5H2,1H3. The van der Waals surface area contributed by atoms with Crippen LogP contribution in [0.1, 0.15) is 5.82 Å². The van der Waals surface area contributed by atoms with E-state index in [0.717, 1.165) is 6.07 Å². The summed E-state index contributed by atoms with van der Waals surface area (Å²) in [6.07, 6.45) is 1.92. The summed E-state index contributed by atoms with van der Waals surface area (Å²) in [6.45, 7) is -0.0177. The zero-order chi connectivity index (χ0) is 12.4. The van der Waals surface area contributed by atoms with Gasteiger partial charge in [0.1, 0.15) is 17.5 Å². The van der Waals surface area contributed by atoms with Gasteiger partial charge in [0, 0.05) is 25.1 Å². The molecule has 0 fully saturated rings. The molecule has 1 aromatic carbocycles. The number of rotatable bonds is 3. The van der Waals surface area contributed by atoms with Crippen LogP contribution in [0.25, 0.3) is 11.3 Å². The molecule has 1 aromatic heterocycles. The molecule has 0 saturated heterocycles. The lowest BCUT2D eigenvalue weighted by Gasteiger charge is -2.06. The maximum Gasteiger partial charge on any atom is 0.135 e. The Balaban J connectivity index is 2.46. The van der Waals surface area contributed by atoms with Crippen molar-refractivity contribution in [3.05, 3.63) is 41.9 Å². The number of benzene rings is 1. The van der Waals surface area contributed by atoms with Crippen molar-refractivity contribution in [2.45, 2.75) is 6.42 Å². The van der Waals surface area contributed by atoms with Gasteiger partial charge in [-0.2, -0.15) is 0 Å². The Kier molecular flexibility index (Phi) is 3.19. The first-order chi connectivity index (χ1) is 8.13. The first-order valence-corrected chi connectivity index (χ1v) is 5.20. The van der Waals surface area contributed by atoms with Crippen molar-refractivity contribution in [1.82, 2.24) is 9.55 Å². The molecule has 0 aliphatic carbocycles. The number of aliphatic hydroxyl groups excluding tert-OH is 1. The lowest BCUT2D eigenvalue weighted by Crippen LogP contribution is -2.02. The van der Waals surface area contributed by atoms with Gasteiger partial charge in [0.05, 0.1) is 18.5 Å². The van der Waals surface area contributed by atoms with Crippen molar-refractivity contribution < 1.29 is 13.9 Å². The molecule has 5 heteroatoms. The zero-order valence-electron chi connectivity index (χ0n) is 9.32. The third-order valence-electron chi connectivity index (χ3n) is 2.63. The summed E-state index contributed by atoms with van der Waals surface area (Å²) in [7, 11) is 1.73. The van der Waals surface area contributed by atoms with E-state index in [4.69, 9.17) is 5.11 Å². The highest BCUT2D eigenvalue weighted by molar-refractivity contribution is 5.60. The third-order valence-corrected chi connectivity index (χ3v) is 2.63. The lowest BCUT2D eigenvalue weighted by molar-refractivity contribution is 0.295. The molecular weight excluding hydrogens is 226 g/mol. The van der Waals surface area contributed by atoms with Crippen LogP contribution in [-0.2, 0) is 13.5 Å². The van der Waals surface area contributed by atoms with Gasteiger partial charge in [0.25, 0.3) is 0 Å². The van der Waals surface area contributed by atoms with Crippen molar-refractivity contribution in [2.75, 3.05) is 6.61 Å². The Labute approximate surface area is 97.3 Å². The van der Waals surface area contributed by atoms with Crippen LogP contribution >= 0.6 is 0 Å². The number of hydrogen-bond acceptors (Lipinski definition) is 2. The van der Waals surface area contributed by atoms with Crippen LogP contribution in [0.4, 0.5) is 8.78 Å². The summed E-state index contributed by atoms with van der Waals surface area (Å²) in [5.74, 6) is -0.571. The van der Waals surface area contributed by atoms with E-state index in [1.54, 1.807) is 11.6 Å². The fourth-order valence-electron chi connectivity index (χ4n) is 1.73. The molecule has 2 rings (SSSR count). The Bertz CT molecular complexity index is 537. The Hall–Kier alpha value is -1.75. The van der Waals surface area contributed by atoms with Gasteiger partial charge >= 0.3 is 0 Å². The highest BCUT2D eigenvalue weighted by Crippen LogP contribution is 2.23. The second-order valence-corrected chi connectivity index (χ2v) is 3.72. The van der Waals surface area contributed by atoms with Crippen LogP contribution < -0.4 is 0 Å². The van der Waals surface area contributed by atoms with Crippen LogP contribution in [0.3, 0.4) is 0 Å². The monoisotopic (exact) mass is 238 g/mol. The van der Waals surface area contributed by atoms with Gasteiger partial charge in [0.15, 0.2) is 0 Å². The largest absolute Gasteiger partial charge is 0.396 e. The lowest BCUT2D eigenvalue weighted by atomic mass is 10.1. The van der Waals surface area contributed by atoms with E-state index < -0.39 is 11.6 Å². The van der Waals surface area contributed by atoms with E-state index in [-0.39, 0.29) is 6.61 Å². The molecule has 1 N–H and O–H groups in total.